The summed E-state index contributed by atoms with van der Waals surface area (Å²) >= 11 is 0. The summed E-state index contributed by atoms with van der Waals surface area (Å²) in [6, 6.07) is 10.5. The third-order valence-corrected chi connectivity index (χ3v) is 5.50. The quantitative estimate of drug-likeness (QED) is 0.706. The van der Waals surface area contributed by atoms with Crippen molar-refractivity contribution in [2.45, 2.75) is 33.7 Å². The number of aromatic nitrogens is 3. The molecule has 1 aromatic carbocycles. The highest BCUT2D eigenvalue weighted by molar-refractivity contribution is 5.74. The van der Waals surface area contributed by atoms with E-state index in [2.05, 4.69) is 58.7 Å². The first kappa shape index (κ1) is 20.3. The predicted molar refractivity (Wildman–Crippen MR) is 119 cm³/mol. The standard InChI is InChI=1S/C23H30N6O/c1-4-7-25-23(30)28-11-9-27(10-12-28)16-21-26-20-6-5-8-24-22(20)29(21)19-14-17(2)13-18(3)15-19/h5-6,8,13-15H,4,7,9-12,16H2,1-3H3,(H,25,30). The zero-order chi connectivity index (χ0) is 21.1. The third-order valence-electron chi connectivity index (χ3n) is 5.50. The van der Waals surface area contributed by atoms with Crippen molar-refractivity contribution in [3.63, 3.8) is 0 Å². The molecule has 2 amide bonds. The van der Waals surface area contributed by atoms with Gasteiger partial charge in [-0.05, 0) is 55.7 Å². The minimum atomic E-state index is 0.0446. The summed E-state index contributed by atoms with van der Waals surface area (Å²) in [5.41, 5.74) is 5.33. The molecule has 0 unspecified atom stereocenters. The molecule has 0 aliphatic carbocycles. The number of nitrogens with zero attached hydrogens (tertiary/aromatic N) is 5. The number of nitrogens with one attached hydrogen (secondary N) is 1. The van der Waals surface area contributed by atoms with Gasteiger partial charge >= 0.3 is 6.03 Å². The molecule has 3 heterocycles. The van der Waals surface area contributed by atoms with Crippen LogP contribution in [0.2, 0.25) is 0 Å². The van der Waals surface area contributed by atoms with Crippen molar-refractivity contribution in [2.75, 3.05) is 32.7 Å². The average molecular weight is 407 g/mol. The number of benzene rings is 1. The van der Waals surface area contributed by atoms with Gasteiger partial charge in [-0.1, -0.05) is 13.0 Å². The highest BCUT2D eigenvalue weighted by atomic mass is 16.2. The Kier molecular flexibility index (Phi) is 5.99. The lowest BCUT2D eigenvalue weighted by molar-refractivity contribution is 0.133. The number of pyridine rings is 1. The van der Waals surface area contributed by atoms with E-state index in [-0.39, 0.29) is 6.03 Å². The van der Waals surface area contributed by atoms with E-state index in [4.69, 9.17) is 4.98 Å². The van der Waals surface area contributed by atoms with E-state index >= 15 is 0 Å². The molecule has 7 heteroatoms. The molecule has 1 N–H and O–H groups in total. The molecule has 0 radical (unpaired) electrons. The molecule has 158 valence electrons. The van der Waals surface area contributed by atoms with Gasteiger partial charge in [0.1, 0.15) is 11.3 Å². The van der Waals surface area contributed by atoms with Crippen molar-refractivity contribution in [3.8, 4) is 5.69 Å². The number of amides is 2. The molecule has 30 heavy (non-hydrogen) atoms. The molecule has 1 aliphatic rings. The Labute approximate surface area is 177 Å². The van der Waals surface area contributed by atoms with E-state index in [0.717, 1.165) is 68.4 Å². The van der Waals surface area contributed by atoms with Crippen molar-refractivity contribution < 1.29 is 4.79 Å². The Balaban J connectivity index is 1.56. The van der Waals surface area contributed by atoms with Gasteiger partial charge in [-0.25, -0.2) is 14.8 Å². The minimum absolute atomic E-state index is 0.0446. The smallest absolute Gasteiger partial charge is 0.317 e. The van der Waals surface area contributed by atoms with Crippen molar-refractivity contribution >= 4 is 17.2 Å². The molecule has 4 rings (SSSR count). The van der Waals surface area contributed by atoms with Crippen molar-refractivity contribution in [1.82, 2.24) is 29.7 Å². The lowest BCUT2D eigenvalue weighted by atomic mass is 10.1. The second-order valence-corrected chi connectivity index (χ2v) is 8.05. The van der Waals surface area contributed by atoms with Gasteiger partial charge in [-0.2, -0.15) is 0 Å². The average Bonchev–Trinajstić information content (AvgIpc) is 3.09. The molecule has 1 fully saturated rings. The van der Waals surface area contributed by atoms with Gasteiger partial charge in [0.15, 0.2) is 5.65 Å². The van der Waals surface area contributed by atoms with Crippen LogP contribution in [0.5, 0.6) is 0 Å². The number of urea groups is 1. The minimum Gasteiger partial charge on any atom is -0.338 e. The van der Waals surface area contributed by atoms with E-state index in [9.17, 15) is 4.79 Å². The Hall–Kier alpha value is -2.93. The van der Waals surface area contributed by atoms with Crippen LogP contribution in [0, 0.1) is 13.8 Å². The van der Waals surface area contributed by atoms with Gasteiger partial charge in [-0.3, -0.25) is 9.47 Å². The number of imidazole rings is 1. The molecule has 0 saturated carbocycles. The van der Waals surface area contributed by atoms with Gasteiger partial charge in [-0.15, -0.1) is 0 Å². The van der Waals surface area contributed by atoms with Crippen molar-refractivity contribution in [3.05, 3.63) is 53.5 Å². The number of hydrogen-bond donors (Lipinski definition) is 1. The fourth-order valence-electron chi connectivity index (χ4n) is 4.07. The number of rotatable bonds is 5. The summed E-state index contributed by atoms with van der Waals surface area (Å²) in [5, 5.41) is 2.97. The summed E-state index contributed by atoms with van der Waals surface area (Å²) in [6.07, 6.45) is 2.77. The molecule has 1 aliphatic heterocycles. The Morgan fingerprint density at radius 2 is 1.83 bits per heavy atom. The number of carbonyl (C=O) groups is 1. The van der Waals surface area contributed by atoms with E-state index in [0.29, 0.717) is 0 Å². The van der Waals surface area contributed by atoms with Crippen LogP contribution in [0.1, 0.15) is 30.3 Å². The van der Waals surface area contributed by atoms with Crippen LogP contribution in [0.15, 0.2) is 36.5 Å². The van der Waals surface area contributed by atoms with Crippen LogP contribution < -0.4 is 5.32 Å². The molecule has 7 nitrogen and oxygen atoms in total. The van der Waals surface area contributed by atoms with E-state index in [1.165, 1.54) is 11.1 Å². The molecule has 0 bridgehead atoms. The van der Waals surface area contributed by atoms with Crippen LogP contribution >= 0.6 is 0 Å². The van der Waals surface area contributed by atoms with E-state index < -0.39 is 0 Å². The van der Waals surface area contributed by atoms with E-state index in [1.807, 2.05) is 23.2 Å². The number of aryl methyl sites for hydroxylation is 2. The molecular weight excluding hydrogens is 376 g/mol. The van der Waals surface area contributed by atoms with E-state index in [1.54, 1.807) is 0 Å². The molecule has 1 saturated heterocycles. The maximum atomic E-state index is 12.2. The first-order valence-corrected chi connectivity index (χ1v) is 10.7. The highest BCUT2D eigenvalue weighted by Gasteiger charge is 2.23. The molecule has 0 spiro atoms. The zero-order valence-corrected chi connectivity index (χ0v) is 18.1. The maximum Gasteiger partial charge on any atom is 0.317 e. The van der Waals surface area contributed by atoms with Crippen LogP contribution in [0.4, 0.5) is 4.79 Å². The first-order valence-electron chi connectivity index (χ1n) is 10.7. The largest absolute Gasteiger partial charge is 0.338 e. The Morgan fingerprint density at radius 3 is 2.53 bits per heavy atom. The molecule has 3 aromatic rings. The second-order valence-electron chi connectivity index (χ2n) is 8.05. The van der Waals surface area contributed by atoms with Crippen LogP contribution in [-0.2, 0) is 6.54 Å². The van der Waals surface area contributed by atoms with Crippen LogP contribution in [0.25, 0.3) is 16.9 Å². The van der Waals surface area contributed by atoms with Gasteiger partial charge in [0.05, 0.1) is 6.54 Å². The first-order chi connectivity index (χ1) is 14.5. The normalized spacial score (nSPS) is 15.0. The highest BCUT2D eigenvalue weighted by Crippen LogP contribution is 2.23. The Bertz CT molecular complexity index is 1020. The van der Waals surface area contributed by atoms with Gasteiger partial charge in [0.25, 0.3) is 0 Å². The maximum absolute atomic E-state index is 12.2. The monoisotopic (exact) mass is 406 g/mol. The number of fused-ring (bicyclic) bond motifs is 1. The van der Waals surface area contributed by atoms with Gasteiger partial charge in [0.2, 0.25) is 0 Å². The second kappa shape index (κ2) is 8.83. The number of carbonyl (C=O) groups excluding carboxylic acids is 1. The number of hydrogen-bond acceptors (Lipinski definition) is 4. The lowest BCUT2D eigenvalue weighted by Crippen LogP contribution is -2.51. The van der Waals surface area contributed by atoms with Crippen LogP contribution in [0.3, 0.4) is 0 Å². The summed E-state index contributed by atoms with van der Waals surface area (Å²) in [7, 11) is 0. The fraction of sp³-hybridized carbons (Fsp3) is 0.435. The summed E-state index contributed by atoms with van der Waals surface area (Å²) in [6.45, 7) is 10.9. The van der Waals surface area contributed by atoms with Gasteiger partial charge in [0, 0.05) is 44.6 Å². The third kappa shape index (κ3) is 4.31. The topological polar surface area (TPSA) is 66.3 Å². The number of piperazine rings is 1. The zero-order valence-electron chi connectivity index (χ0n) is 18.1. The Morgan fingerprint density at radius 1 is 1.10 bits per heavy atom. The SMILES string of the molecule is CCCNC(=O)N1CCN(Cc2nc3cccnc3n2-c2cc(C)cc(C)c2)CC1. The van der Waals surface area contributed by atoms with Crippen LogP contribution in [-0.4, -0.2) is 63.1 Å². The molecule has 0 atom stereocenters. The fourth-order valence-corrected chi connectivity index (χ4v) is 4.07. The lowest BCUT2D eigenvalue weighted by Gasteiger charge is -2.34. The summed E-state index contributed by atoms with van der Waals surface area (Å²) in [5.74, 6) is 0.984. The molecular formula is C23H30N6O. The molecule has 2 aromatic heterocycles. The van der Waals surface area contributed by atoms with Crippen molar-refractivity contribution in [2.24, 2.45) is 0 Å². The van der Waals surface area contributed by atoms with Gasteiger partial charge < -0.3 is 10.2 Å². The predicted octanol–water partition coefficient (Wildman–Crippen LogP) is 3.27. The summed E-state index contributed by atoms with van der Waals surface area (Å²) < 4.78 is 2.18. The summed E-state index contributed by atoms with van der Waals surface area (Å²) in [4.78, 5) is 26.0. The van der Waals surface area contributed by atoms with Crippen molar-refractivity contribution in [1.29, 1.82) is 0 Å².